The van der Waals surface area contributed by atoms with E-state index in [1.807, 2.05) is 17.4 Å². The summed E-state index contributed by atoms with van der Waals surface area (Å²) in [7, 11) is 0. The van der Waals surface area contributed by atoms with Crippen molar-refractivity contribution >= 4 is 103 Å². The lowest BCUT2D eigenvalue weighted by Crippen LogP contribution is -2.16. The van der Waals surface area contributed by atoms with E-state index in [2.05, 4.69) is 189 Å². The normalized spacial score (nSPS) is 13.4. The Morgan fingerprint density at radius 3 is 2.14 bits per heavy atom. The number of anilines is 3. The molecular weight excluding hydrogens is 739 g/mol. The summed E-state index contributed by atoms with van der Waals surface area (Å²) in [5.74, 6) is 0. The number of hydrogen-bond donors (Lipinski definition) is 0. The lowest BCUT2D eigenvalue weighted by molar-refractivity contribution is 0.660. The summed E-state index contributed by atoms with van der Waals surface area (Å²) in [6.07, 6.45) is 0. The zero-order valence-electron chi connectivity index (χ0n) is 32.4. The molecule has 3 heterocycles. The van der Waals surface area contributed by atoms with E-state index in [4.69, 9.17) is 8.83 Å². The van der Waals surface area contributed by atoms with Gasteiger partial charge in [0, 0.05) is 48.3 Å². The van der Waals surface area contributed by atoms with E-state index in [1.54, 1.807) is 0 Å². The Bertz CT molecular complexity index is 3730. The Morgan fingerprint density at radius 2 is 1.20 bits per heavy atom. The third-order valence-electron chi connectivity index (χ3n) is 12.8. The predicted octanol–water partition coefficient (Wildman–Crippen LogP) is 16.4. The highest BCUT2D eigenvalue weighted by molar-refractivity contribution is 7.26. The summed E-state index contributed by atoms with van der Waals surface area (Å²) in [4.78, 5) is 2.48. The van der Waals surface area contributed by atoms with Gasteiger partial charge in [-0.1, -0.05) is 135 Å². The molecule has 3 aromatic heterocycles. The Kier molecular flexibility index (Phi) is 6.66. The van der Waals surface area contributed by atoms with Gasteiger partial charge in [-0.05, 0) is 93.2 Å². The second-order valence-electron chi connectivity index (χ2n) is 16.4. The number of fused-ring (bicyclic) bond motifs is 13. The third kappa shape index (κ3) is 4.58. The van der Waals surface area contributed by atoms with Gasteiger partial charge in [-0.15, -0.1) is 11.3 Å². The molecule has 12 aromatic rings. The van der Waals surface area contributed by atoms with E-state index in [9.17, 15) is 0 Å². The van der Waals surface area contributed by atoms with Crippen molar-refractivity contribution in [3.05, 3.63) is 187 Å². The molecule has 278 valence electrons. The highest BCUT2D eigenvalue weighted by atomic mass is 32.1. The molecule has 0 saturated carbocycles. The third-order valence-corrected chi connectivity index (χ3v) is 14.0. The molecule has 0 spiro atoms. The molecule has 9 aromatic carbocycles. The number of furan rings is 2. The van der Waals surface area contributed by atoms with Gasteiger partial charge in [-0.2, -0.15) is 0 Å². The van der Waals surface area contributed by atoms with Crippen LogP contribution in [0.4, 0.5) is 17.1 Å². The molecule has 0 N–H and O–H groups in total. The average molecular weight is 774 g/mol. The Morgan fingerprint density at radius 1 is 0.475 bits per heavy atom. The maximum Gasteiger partial charge on any atom is 0.144 e. The fraction of sp³-hybridized carbons (Fsp3) is 0.0545. The van der Waals surface area contributed by atoms with Gasteiger partial charge in [0.2, 0.25) is 0 Å². The molecular formula is C55H35NO2S. The van der Waals surface area contributed by atoms with Gasteiger partial charge in [0.05, 0.1) is 21.5 Å². The molecule has 13 rings (SSSR count). The highest BCUT2D eigenvalue weighted by Gasteiger charge is 2.36. The van der Waals surface area contributed by atoms with E-state index in [1.165, 1.54) is 53.2 Å². The van der Waals surface area contributed by atoms with Crippen LogP contribution in [0.2, 0.25) is 0 Å². The van der Waals surface area contributed by atoms with Crippen LogP contribution in [-0.4, -0.2) is 0 Å². The standard InChI is InChI=1S/C55H35NO2S/c1-55(2)42-19-8-5-15-36(42)37-28-27-35(30-43(37)55)56(45-21-11-18-39-38-16-7-10-24-49(38)59-54(39)45)44-20-12-23-47-51(44)41-31-48-52(40-17-6-9-22-46(40)57-48)50(53(41)58-47)34-26-25-32-13-3-4-14-33(32)29-34/h3-31H,1-2H3. The Labute approximate surface area is 344 Å². The fourth-order valence-corrected chi connectivity index (χ4v) is 11.3. The van der Waals surface area contributed by atoms with Gasteiger partial charge in [-0.3, -0.25) is 0 Å². The molecule has 3 nitrogen and oxygen atoms in total. The summed E-state index contributed by atoms with van der Waals surface area (Å²) in [5.41, 5.74) is 14.0. The molecule has 59 heavy (non-hydrogen) atoms. The summed E-state index contributed by atoms with van der Waals surface area (Å²) < 4.78 is 16.4. The van der Waals surface area contributed by atoms with Gasteiger partial charge in [0.15, 0.2) is 0 Å². The van der Waals surface area contributed by atoms with Crippen molar-refractivity contribution < 1.29 is 8.83 Å². The van der Waals surface area contributed by atoms with E-state index >= 15 is 0 Å². The summed E-state index contributed by atoms with van der Waals surface area (Å²) >= 11 is 1.86. The van der Waals surface area contributed by atoms with Crippen molar-refractivity contribution in [3.8, 4) is 22.3 Å². The largest absolute Gasteiger partial charge is 0.456 e. The van der Waals surface area contributed by atoms with Crippen molar-refractivity contribution in [1.82, 2.24) is 0 Å². The van der Waals surface area contributed by atoms with Gasteiger partial charge in [-0.25, -0.2) is 0 Å². The van der Waals surface area contributed by atoms with Crippen LogP contribution in [0.5, 0.6) is 0 Å². The van der Waals surface area contributed by atoms with Crippen LogP contribution < -0.4 is 4.90 Å². The predicted molar refractivity (Wildman–Crippen MR) is 249 cm³/mol. The van der Waals surface area contributed by atoms with E-state index in [0.29, 0.717) is 0 Å². The van der Waals surface area contributed by atoms with Gasteiger partial charge < -0.3 is 13.7 Å². The smallest absolute Gasteiger partial charge is 0.144 e. The Hall–Kier alpha value is -7.14. The molecule has 4 heteroatoms. The first kappa shape index (κ1) is 32.9. The average Bonchev–Trinajstić information content (AvgIpc) is 4.01. The molecule has 0 unspecified atom stereocenters. The zero-order chi connectivity index (χ0) is 39.0. The van der Waals surface area contributed by atoms with Crippen molar-refractivity contribution in [2.24, 2.45) is 0 Å². The van der Waals surface area contributed by atoms with Crippen molar-refractivity contribution in [1.29, 1.82) is 0 Å². The topological polar surface area (TPSA) is 29.5 Å². The number of benzene rings is 9. The minimum absolute atomic E-state index is 0.159. The number of nitrogens with zero attached hydrogens (tertiary/aromatic N) is 1. The van der Waals surface area contributed by atoms with Gasteiger partial charge >= 0.3 is 0 Å². The lowest BCUT2D eigenvalue weighted by atomic mass is 9.82. The molecule has 0 saturated heterocycles. The van der Waals surface area contributed by atoms with Gasteiger partial charge in [0.1, 0.15) is 22.3 Å². The quantitative estimate of drug-likeness (QED) is 0.178. The van der Waals surface area contributed by atoms with E-state index < -0.39 is 0 Å². The molecule has 1 aliphatic carbocycles. The van der Waals surface area contributed by atoms with Crippen molar-refractivity contribution in [2.45, 2.75) is 19.3 Å². The van der Waals surface area contributed by atoms with E-state index in [0.717, 1.165) is 72.1 Å². The number of thiophene rings is 1. The first-order valence-electron chi connectivity index (χ1n) is 20.2. The van der Waals surface area contributed by atoms with Crippen molar-refractivity contribution in [2.75, 3.05) is 4.90 Å². The fourth-order valence-electron chi connectivity index (χ4n) is 10.1. The minimum atomic E-state index is -0.159. The molecule has 1 aliphatic rings. The minimum Gasteiger partial charge on any atom is -0.456 e. The van der Waals surface area contributed by atoms with Crippen molar-refractivity contribution in [3.63, 3.8) is 0 Å². The molecule has 0 aliphatic heterocycles. The summed E-state index contributed by atoms with van der Waals surface area (Å²) in [6, 6.07) is 63.8. The number of hydrogen-bond acceptors (Lipinski definition) is 4. The van der Waals surface area contributed by atoms with E-state index in [-0.39, 0.29) is 5.41 Å². The SMILES string of the molecule is CC1(C)c2ccccc2-c2ccc(N(c3cccc4c3sc3ccccc34)c3cccc4oc5c(-c6ccc7ccccc7c6)c6c(cc5c34)oc3ccccc36)cc21. The lowest BCUT2D eigenvalue weighted by Gasteiger charge is -2.29. The first-order chi connectivity index (χ1) is 29.0. The Balaban J connectivity index is 1.14. The second kappa shape index (κ2) is 12.0. The van der Waals surface area contributed by atoms with Crippen LogP contribution in [0.15, 0.2) is 185 Å². The molecule has 0 fully saturated rings. The van der Waals surface area contributed by atoms with Crippen LogP contribution in [0.3, 0.4) is 0 Å². The van der Waals surface area contributed by atoms with Crippen LogP contribution in [0.1, 0.15) is 25.0 Å². The monoisotopic (exact) mass is 773 g/mol. The van der Waals surface area contributed by atoms with Crippen LogP contribution in [0, 0.1) is 0 Å². The number of para-hydroxylation sites is 1. The van der Waals surface area contributed by atoms with Crippen LogP contribution >= 0.6 is 11.3 Å². The maximum atomic E-state index is 7.16. The summed E-state index contributed by atoms with van der Waals surface area (Å²) in [5, 5.41) is 9.14. The molecule has 0 amide bonds. The molecule has 0 radical (unpaired) electrons. The van der Waals surface area contributed by atoms with Crippen LogP contribution in [-0.2, 0) is 5.41 Å². The zero-order valence-corrected chi connectivity index (χ0v) is 33.2. The maximum absolute atomic E-state index is 7.16. The summed E-state index contributed by atoms with van der Waals surface area (Å²) in [6.45, 7) is 4.71. The van der Waals surface area contributed by atoms with Gasteiger partial charge in [0.25, 0.3) is 0 Å². The first-order valence-corrected chi connectivity index (χ1v) is 21.1. The second-order valence-corrected chi connectivity index (χ2v) is 17.5. The molecule has 0 atom stereocenters. The molecule has 0 bridgehead atoms. The number of rotatable bonds is 4. The highest BCUT2D eigenvalue weighted by Crippen LogP contribution is 2.54. The van der Waals surface area contributed by atoms with Crippen LogP contribution in [0.25, 0.3) is 97.1 Å².